The first-order chi connectivity index (χ1) is 5.13. The highest BCUT2D eigenvalue weighted by molar-refractivity contribution is 14.1. The first kappa shape index (κ1) is 8.86. The molecule has 58 valence electrons. The number of pyridine rings is 1. The van der Waals surface area contributed by atoms with Crippen LogP contribution in [0, 0.1) is 9.52 Å². The molecule has 0 bridgehead atoms. The van der Waals surface area contributed by atoms with E-state index in [2.05, 4.69) is 4.98 Å². The lowest BCUT2D eigenvalue weighted by Crippen LogP contribution is -2.00. The number of nitrogens with zero attached hydrogens (tertiary/aromatic N) is 1. The number of carbonyl (C=O) groups excluding carboxylic acids is 1. The lowest BCUT2D eigenvalue weighted by Gasteiger charge is -1.97. The third-order valence-corrected chi connectivity index (χ3v) is 2.14. The highest BCUT2D eigenvalue weighted by Crippen LogP contribution is 2.15. The minimum Gasteiger partial charge on any atom is -0.275 e. The summed E-state index contributed by atoms with van der Waals surface area (Å²) in [5.41, 5.74) is -0.158. The van der Waals surface area contributed by atoms with Gasteiger partial charge in [0.25, 0.3) is 5.24 Å². The minimum atomic E-state index is -0.822. The van der Waals surface area contributed by atoms with Crippen molar-refractivity contribution < 1.29 is 9.18 Å². The summed E-state index contributed by atoms with van der Waals surface area (Å²) in [6.07, 6.45) is 1.28. The topological polar surface area (TPSA) is 30.0 Å². The summed E-state index contributed by atoms with van der Waals surface area (Å²) < 4.78 is 13.1. The third kappa shape index (κ3) is 1.87. The van der Waals surface area contributed by atoms with Crippen molar-refractivity contribution in [3.8, 4) is 0 Å². The van der Waals surface area contributed by atoms with Crippen molar-refractivity contribution in [2.24, 2.45) is 0 Å². The Balaban J connectivity index is 3.32. The predicted molar refractivity (Wildman–Crippen MR) is 47.1 cm³/mol. The number of aromatic nitrogens is 1. The molecule has 1 aromatic heterocycles. The van der Waals surface area contributed by atoms with Gasteiger partial charge in [0, 0.05) is 9.77 Å². The summed E-state index contributed by atoms with van der Waals surface area (Å²) in [6.45, 7) is 0. The van der Waals surface area contributed by atoms with Gasteiger partial charge in [-0.15, -0.1) is 0 Å². The van der Waals surface area contributed by atoms with Gasteiger partial charge in [0.05, 0.1) is 0 Å². The van der Waals surface area contributed by atoms with Crippen molar-refractivity contribution in [2.45, 2.75) is 0 Å². The molecule has 0 aromatic carbocycles. The number of carbonyl (C=O) groups is 1. The predicted octanol–water partition coefficient (Wildman–Crippen LogP) is 2.20. The molecule has 0 N–H and O–H groups in total. The van der Waals surface area contributed by atoms with Gasteiger partial charge in [-0.1, -0.05) is 0 Å². The SMILES string of the molecule is O=C(Cl)c1c(I)ccnc1F. The third-order valence-electron chi connectivity index (χ3n) is 1.05. The van der Waals surface area contributed by atoms with Crippen LogP contribution in [0.25, 0.3) is 0 Å². The van der Waals surface area contributed by atoms with Crippen LogP contribution in [0.5, 0.6) is 0 Å². The van der Waals surface area contributed by atoms with E-state index in [1.165, 1.54) is 12.3 Å². The van der Waals surface area contributed by atoms with E-state index in [4.69, 9.17) is 11.6 Å². The first-order valence-corrected chi connectivity index (χ1v) is 4.08. The van der Waals surface area contributed by atoms with Crippen molar-refractivity contribution in [1.29, 1.82) is 0 Å². The molecular weight excluding hydrogens is 283 g/mol. The molecule has 2 nitrogen and oxygen atoms in total. The molecule has 0 atom stereocenters. The minimum absolute atomic E-state index is 0.158. The molecule has 0 aliphatic carbocycles. The van der Waals surface area contributed by atoms with Crippen molar-refractivity contribution in [1.82, 2.24) is 4.98 Å². The lowest BCUT2D eigenvalue weighted by atomic mass is 10.3. The molecule has 0 fully saturated rings. The van der Waals surface area contributed by atoms with Gasteiger partial charge in [0.1, 0.15) is 5.56 Å². The molecule has 0 aliphatic heterocycles. The normalized spacial score (nSPS) is 9.73. The van der Waals surface area contributed by atoms with Gasteiger partial charge in [0.15, 0.2) is 0 Å². The molecule has 0 unspecified atom stereocenters. The summed E-state index contributed by atoms with van der Waals surface area (Å²) >= 11 is 6.91. The molecule has 0 saturated heterocycles. The van der Waals surface area contributed by atoms with Crippen LogP contribution in [0.3, 0.4) is 0 Å². The van der Waals surface area contributed by atoms with Crippen molar-refractivity contribution >= 4 is 39.4 Å². The second-order valence-electron chi connectivity index (χ2n) is 1.73. The number of halogens is 3. The fourth-order valence-corrected chi connectivity index (χ4v) is 1.56. The average molecular weight is 285 g/mol. The van der Waals surface area contributed by atoms with Crippen LogP contribution in [0.15, 0.2) is 12.3 Å². The van der Waals surface area contributed by atoms with Crippen molar-refractivity contribution in [3.63, 3.8) is 0 Å². The van der Waals surface area contributed by atoms with E-state index in [-0.39, 0.29) is 5.56 Å². The summed E-state index contributed by atoms with van der Waals surface area (Å²) in [7, 11) is 0. The zero-order valence-corrected chi connectivity index (χ0v) is 8.06. The highest BCUT2D eigenvalue weighted by atomic mass is 127. The Morgan fingerprint density at radius 2 is 2.36 bits per heavy atom. The average Bonchev–Trinajstić information content (AvgIpc) is 1.85. The van der Waals surface area contributed by atoms with E-state index in [0.717, 1.165) is 0 Å². The smallest absolute Gasteiger partial charge is 0.258 e. The molecule has 0 saturated carbocycles. The largest absolute Gasteiger partial charge is 0.275 e. The molecule has 5 heteroatoms. The van der Waals surface area contributed by atoms with E-state index in [1.807, 2.05) is 22.6 Å². The van der Waals surface area contributed by atoms with Crippen LogP contribution in [0.1, 0.15) is 10.4 Å². The molecule has 0 radical (unpaired) electrons. The van der Waals surface area contributed by atoms with Crippen LogP contribution < -0.4 is 0 Å². The highest BCUT2D eigenvalue weighted by Gasteiger charge is 2.13. The molecule has 1 aromatic rings. The monoisotopic (exact) mass is 285 g/mol. The molecule has 0 aliphatic rings. The second kappa shape index (κ2) is 3.44. The molecular formula is C6H2ClFINO. The lowest BCUT2D eigenvalue weighted by molar-refractivity contribution is 0.107. The van der Waals surface area contributed by atoms with Gasteiger partial charge >= 0.3 is 0 Å². The Labute approximate surface area is 80.9 Å². The van der Waals surface area contributed by atoms with Gasteiger partial charge in [-0.3, -0.25) is 4.79 Å². The molecule has 0 amide bonds. The van der Waals surface area contributed by atoms with Gasteiger partial charge in [-0.05, 0) is 40.3 Å². The van der Waals surface area contributed by atoms with Crippen LogP contribution in [-0.2, 0) is 0 Å². The summed E-state index contributed by atoms with van der Waals surface area (Å²) in [6, 6.07) is 1.51. The van der Waals surface area contributed by atoms with Crippen LogP contribution in [0.2, 0.25) is 0 Å². The van der Waals surface area contributed by atoms with Gasteiger partial charge in [-0.2, -0.15) is 4.39 Å². The number of hydrogen-bond acceptors (Lipinski definition) is 2. The Morgan fingerprint density at radius 1 is 1.73 bits per heavy atom. The van der Waals surface area contributed by atoms with Gasteiger partial charge < -0.3 is 0 Å². The van der Waals surface area contributed by atoms with Crippen LogP contribution in [0.4, 0.5) is 4.39 Å². The fourth-order valence-electron chi connectivity index (χ4n) is 0.590. The summed E-state index contributed by atoms with van der Waals surface area (Å²) in [5.74, 6) is -0.822. The first-order valence-electron chi connectivity index (χ1n) is 2.62. The van der Waals surface area contributed by atoms with Gasteiger partial charge in [0.2, 0.25) is 5.95 Å². The van der Waals surface area contributed by atoms with Crippen LogP contribution in [-0.4, -0.2) is 10.2 Å². The Bertz CT molecular complexity index is 284. The summed E-state index contributed by atoms with van der Waals surface area (Å²) in [4.78, 5) is 13.9. The maximum atomic E-state index is 12.7. The van der Waals surface area contributed by atoms with E-state index in [0.29, 0.717) is 3.57 Å². The molecule has 1 heterocycles. The van der Waals surface area contributed by atoms with Crippen LogP contribution >= 0.6 is 34.2 Å². The van der Waals surface area contributed by atoms with Crippen molar-refractivity contribution in [2.75, 3.05) is 0 Å². The maximum Gasteiger partial charge on any atom is 0.258 e. The Kier molecular flexibility index (Phi) is 2.78. The number of hydrogen-bond donors (Lipinski definition) is 0. The van der Waals surface area contributed by atoms with E-state index < -0.39 is 11.2 Å². The van der Waals surface area contributed by atoms with E-state index in [1.54, 1.807) is 0 Å². The Hall–Kier alpha value is -0.230. The van der Waals surface area contributed by atoms with E-state index >= 15 is 0 Å². The summed E-state index contributed by atoms with van der Waals surface area (Å²) in [5, 5.41) is -0.819. The maximum absolute atomic E-state index is 12.7. The molecule has 11 heavy (non-hydrogen) atoms. The molecule has 1 rings (SSSR count). The second-order valence-corrected chi connectivity index (χ2v) is 3.24. The number of rotatable bonds is 1. The standard InChI is InChI=1S/C6H2ClFINO/c7-5(11)4-3(9)1-2-10-6(4)8/h1-2H. The van der Waals surface area contributed by atoms with E-state index in [9.17, 15) is 9.18 Å². The zero-order chi connectivity index (χ0) is 8.43. The van der Waals surface area contributed by atoms with Gasteiger partial charge in [-0.25, -0.2) is 4.98 Å². The molecule has 0 spiro atoms. The quantitative estimate of drug-likeness (QED) is 0.450. The zero-order valence-electron chi connectivity index (χ0n) is 5.14. The van der Waals surface area contributed by atoms with Crippen molar-refractivity contribution in [3.05, 3.63) is 27.3 Å². The Morgan fingerprint density at radius 3 is 2.73 bits per heavy atom. The fraction of sp³-hybridized carbons (Fsp3) is 0.